The number of hydrogen-bond donors (Lipinski definition) is 0. The van der Waals surface area contributed by atoms with Crippen LogP contribution >= 0.6 is 0 Å². The second-order valence-electron chi connectivity index (χ2n) is 6.23. The van der Waals surface area contributed by atoms with E-state index in [1.807, 2.05) is 7.11 Å². The van der Waals surface area contributed by atoms with Crippen molar-refractivity contribution in [3.05, 3.63) is 0 Å². The minimum atomic E-state index is 0.292. The lowest BCUT2D eigenvalue weighted by Gasteiger charge is -2.50. The molecule has 2 heterocycles. The number of ether oxygens (including phenoxy) is 2. The third kappa shape index (κ3) is 2.51. The number of piperidine rings is 1. The van der Waals surface area contributed by atoms with E-state index >= 15 is 0 Å². The summed E-state index contributed by atoms with van der Waals surface area (Å²) in [4.78, 5) is 2.67. The summed E-state index contributed by atoms with van der Waals surface area (Å²) in [7, 11) is 1.83. The summed E-state index contributed by atoms with van der Waals surface area (Å²) < 4.78 is 11.5. The standard InChI is InChI=1S/C14H25NO2/c1-16-11-14-6-2-8-17-13(14)5-7-15(10-14)9-12-3-4-12/h12-13H,2-11H2,1H3/t13-,14-/m1/s1. The Morgan fingerprint density at radius 2 is 2.24 bits per heavy atom. The number of methoxy groups -OCH3 is 1. The Bertz CT molecular complexity index is 263. The van der Waals surface area contributed by atoms with Crippen LogP contribution in [0.25, 0.3) is 0 Å². The summed E-state index contributed by atoms with van der Waals surface area (Å²) in [5.74, 6) is 0.996. The SMILES string of the molecule is COC[C@]12CCCO[C@@H]1CCN(CC1CC1)C2. The molecule has 0 bridgehead atoms. The van der Waals surface area contributed by atoms with Crippen LogP contribution in [0.15, 0.2) is 0 Å². The Morgan fingerprint density at radius 1 is 1.35 bits per heavy atom. The molecule has 0 aromatic carbocycles. The first-order valence-electron chi connectivity index (χ1n) is 7.15. The van der Waals surface area contributed by atoms with E-state index in [1.54, 1.807) is 0 Å². The predicted octanol–water partition coefficient (Wildman–Crippen LogP) is 1.91. The number of nitrogens with zero attached hydrogens (tertiary/aromatic N) is 1. The molecule has 0 aromatic rings. The highest BCUT2D eigenvalue weighted by molar-refractivity contribution is 4.97. The highest BCUT2D eigenvalue weighted by Crippen LogP contribution is 2.41. The van der Waals surface area contributed by atoms with Gasteiger partial charge in [0.2, 0.25) is 0 Å². The van der Waals surface area contributed by atoms with E-state index in [4.69, 9.17) is 9.47 Å². The van der Waals surface area contributed by atoms with Crippen molar-refractivity contribution in [2.24, 2.45) is 11.3 Å². The van der Waals surface area contributed by atoms with Gasteiger partial charge in [0.1, 0.15) is 0 Å². The maximum absolute atomic E-state index is 6.00. The Labute approximate surface area is 104 Å². The van der Waals surface area contributed by atoms with Gasteiger partial charge >= 0.3 is 0 Å². The first-order chi connectivity index (χ1) is 8.32. The molecule has 0 amide bonds. The predicted molar refractivity (Wildman–Crippen MR) is 67.1 cm³/mol. The summed E-state index contributed by atoms with van der Waals surface area (Å²) in [6.07, 6.45) is 7.05. The fourth-order valence-electron chi connectivity index (χ4n) is 3.70. The van der Waals surface area contributed by atoms with Gasteiger partial charge in [-0.25, -0.2) is 0 Å². The van der Waals surface area contributed by atoms with Crippen molar-refractivity contribution in [3.63, 3.8) is 0 Å². The monoisotopic (exact) mass is 239 g/mol. The van der Waals surface area contributed by atoms with Gasteiger partial charge in [0, 0.05) is 38.8 Å². The van der Waals surface area contributed by atoms with Crippen molar-refractivity contribution in [3.8, 4) is 0 Å². The second-order valence-corrected chi connectivity index (χ2v) is 6.23. The molecule has 3 rings (SSSR count). The smallest absolute Gasteiger partial charge is 0.0677 e. The number of likely N-dealkylation sites (tertiary alicyclic amines) is 1. The lowest BCUT2D eigenvalue weighted by molar-refractivity contribution is -0.148. The summed E-state index contributed by atoms with van der Waals surface area (Å²) in [6, 6.07) is 0. The van der Waals surface area contributed by atoms with Crippen molar-refractivity contribution < 1.29 is 9.47 Å². The van der Waals surface area contributed by atoms with Crippen LogP contribution in [-0.2, 0) is 9.47 Å². The number of hydrogen-bond acceptors (Lipinski definition) is 3. The normalized spacial score (nSPS) is 39.0. The Balaban J connectivity index is 1.66. The van der Waals surface area contributed by atoms with Crippen molar-refractivity contribution >= 4 is 0 Å². The average molecular weight is 239 g/mol. The molecule has 1 aliphatic carbocycles. The van der Waals surface area contributed by atoms with Gasteiger partial charge in [-0.15, -0.1) is 0 Å². The molecule has 17 heavy (non-hydrogen) atoms. The minimum absolute atomic E-state index is 0.292. The quantitative estimate of drug-likeness (QED) is 0.748. The van der Waals surface area contributed by atoms with E-state index in [-0.39, 0.29) is 0 Å². The van der Waals surface area contributed by atoms with Gasteiger partial charge in [-0.2, -0.15) is 0 Å². The third-order valence-electron chi connectivity index (χ3n) is 4.71. The second kappa shape index (κ2) is 4.87. The minimum Gasteiger partial charge on any atom is -0.384 e. The maximum Gasteiger partial charge on any atom is 0.0677 e. The van der Waals surface area contributed by atoms with Crippen LogP contribution in [-0.4, -0.2) is 51.0 Å². The molecule has 0 spiro atoms. The molecule has 0 N–H and O–H groups in total. The van der Waals surface area contributed by atoms with E-state index < -0.39 is 0 Å². The molecular formula is C14H25NO2. The van der Waals surface area contributed by atoms with Gasteiger partial charge in [0.25, 0.3) is 0 Å². The Morgan fingerprint density at radius 3 is 3.00 bits per heavy atom. The molecule has 0 unspecified atom stereocenters. The lowest BCUT2D eigenvalue weighted by Crippen LogP contribution is -2.57. The third-order valence-corrected chi connectivity index (χ3v) is 4.71. The van der Waals surface area contributed by atoms with Crippen LogP contribution in [0.5, 0.6) is 0 Å². The van der Waals surface area contributed by atoms with Crippen molar-refractivity contribution in [1.82, 2.24) is 4.90 Å². The first kappa shape index (κ1) is 11.9. The Kier molecular flexibility index (Phi) is 3.42. The molecule has 2 aliphatic heterocycles. The first-order valence-corrected chi connectivity index (χ1v) is 7.15. The summed E-state index contributed by atoms with van der Waals surface area (Å²) in [5, 5.41) is 0. The number of rotatable bonds is 4. The largest absolute Gasteiger partial charge is 0.384 e. The van der Waals surface area contributed by atoms with Crippen LogP contribution in [0.1, 0.15) is 32.1 Å². The highest BCUT2D eigenvalue weighted by Gasteiger charge is 2.46. The van der Waals surface area contributed by atoms with E-state index in [0.29, 0.717) is 11.5 Å². The summed E-state index contributed by atoms with van der Waals surface area (Å²) in [6.45, 7) is 5.57. The molecule has 3 fully saturated rings. The van der Waals surface area contributed by atoms with Crippen LogP contribution in [0.2, 0.25) is 0 Å². The van der Waals surface area contributed by atoms with Crippen molar-refractivity contribution in [2.45, 2.75) is 38.2 Å². The lowest BCUT2D eigenvalue weighted by atomic mass is 9.73. The molecule has 2 saturated heterocycles. The Hall–Kier alpha value is -0.120. The topological polar surface area (TPSA) is 21.7 Å². The molecule has 3 aliphatic rings. The van der Waals surface area contributed by atoms with Crippen LogP contribution in [0.4, 0.5) is 0 Å². The molecule has 3 heteroatoms. The molecule has 2 atom stereocenters. The zero-order valence-corrected chi connectivity index (χ0v) is 11.0. The van der Waals surface area contributed by atoms with Crippen molar-refractivity contribution in [1.29, 1.82) is 0 Å². The van der Waals surface area contributed by atoms with Gasteiger partial charge in [0.05, 0.1) is 12.7 Å². The fraction of sp³-hybridized carbons (Fsp3) is 1.00. The van der Waals surface area contributed by atoms with Crippen molar-refractivity contribution in [2.75, 3.05) is 40.0 Å². The van der Waals surface area contributed by atoms with Gasteiger partial charge < -0.3 is 14.4 Å². The summed E-state index contributed by atoms with van der Waals surface area (Å²) in [5.41, 5.74) is 0.292. The highest BCUT2D eigenvalue weighted by atomic mass is 16.5. The van der Waals surface area contributed by atoms with Gasteiger partial charge in [-0.3, -0.25) is 0 Å². The van der Waals surface area contributed by atoms with Crippen LogP contribution in [0, 0.1) is 11.3 Å². The fourth-order valence-corrected chi connectivity index (χ4v) is 3.70. The van der Waals surface area contributed by atoms with E-state index in [1.165, 1.54) is 51.7 Å². The zero-order valence-electron chi connectivity index (χ0n) is 11.0. The van der Waals surface area contributed by atoms with Gasteiger partial charge in [-0.1, -0.05) is 0 Å². The zero-order chi connectivity index (χ0) is 11.7. The van der Waals surface area contributed by atoms with Crippen LogP contribution < -0.4 is 0 Å². The molecule has 0 aromatic heterocycles. The average Bonchev–Trinajstić information content (AvgIpc) is 3.13. The van der Waals surface area contributed by atoms with E-state index in [2.05, 4.69) is 4.90 Å². The molecule has 98 valence electrons. The molecule has 0 radical (unpaired) electrons. The van der Waals surface area contributed by atoms with Crippen LogP contribution in [0.3, 0.4) is 0 Å². The molecular weight excluding hydrogens is 214 g/mol. The van der Waals surface area contributed by atoms with E-state index in [9.17, 15) is 0 Å². The van der Waals surface area contributed by atoms with E-state index in [0.717, 1.165) is 19.1 Å². The number of fused-ring (bicyclic) bond motifs is 1. The van der Waals surface area contributed by atoms with Gasteiger partial charge in [0.15, 0.2) is 0 Å². The van der Waals surface area contributed by atoms with Gasteiger partial charge in [-0.05, 0) is 38.0 Å². The molecule has 1 saturated carbocycles. The maximum atomic E-state index is 6.00. The molecule has 3 nitrogen and oxygen atoms in total. The summed E-state index contributed by atoms with van der Waals surface area (Å²) >= 11 is 0.